The minimum Gasteiger partial charge on any atom is -0.353 e. The Bertz CT molecular complexity index is 581. The zero-order valence-corrected chi connectivity index (χ0v) is 12.1. The van der Waals surface area contributed by atoms with Gasteiger partial charge in [-0.2, -0.15) is 0 Å². The van der Waals surface area contributed by atoms with Gasteiger partial charge in [-0.05, 0) is 19.1 Å². The average Bonchev–Trinajstić information content (AvgIpc) is 2.51. The maximum Gasteiger partial charge on any atom is 0.151 e. The minimum absolute atomic E-state index is 0.613. The van der Waals surface area contributed by atoms with Gasteiger partial charge in [-0.3, -0.25) is 0 Å². The molecule has 1 fully saturated rings. The molecule has 104 valence electrons. The first-order valence-corrected chi connectivity index (χ1v) is 7.02. The van der Waals surface area contributed by atoms with Crippen LogP contribution in [0, 0.1) is 6.92 Å². The lowest BCUT2D eigenvalue weighted by Crippen LogP contribution is -2.47. The van der Waals surface area contributed by atoms with Crippen LogP contribution in [-0.2, 0) is 0 Å². The molecule has 0 radical (unpaired) electrons. The van der Waals surface area contributed by atoms with Crippen molar-refractivity contribution in [3.05, 3.63) is 41.4 Å². The average molecular weight is 290 g/mol. The molecule has 0 N–H and O–H groups in total. The number of hydrogen-bond acceptors (Lipinski definition) is 5. The molecule has 0 saturated carbocycles. The van der Waals surface area contributed by atoms with E-state index >= 15 is 0 Å². The van der Waals surface area contributed by atoms with E-state index in [-0.39, 0.29) is 0 Å². The van der Waals surface area contributed by atoms with Gasteiger partial charge in [0.1, 0.15) is 16.7 Å². The third-order valence-corrected chi connectivity index (χ3v) is 3.67. The predicted octanol–water partition coefficient (Wildman–Crippen LogP) is 2.16. The minimum atomic E-state index is 0.613. The second kappa shape index (κ2) is 5.63. The Morgan fingerprint density at radius 1 is 1.05 bits per heavy atom. The Balaban J connectivity index is 1.71. The summed E-state index contributed by atoms with van der Waals surface area (Å²) in [6, 6.07) is 5.99. The molecule has 3 heterocycles. The molecule has 5 nitrogen and oxygen atoms in total. The lowest BCUT2D eigenvalue weighted by atomic mass is 10.3. The molecule has 0 amide bonds. The highest BCUT2D eigenvalue weighted by atomic mass is 35.5. The monoisotopic (exact) mass is 289 g/mol. The van der Waals surface area contributed by atoms with Gasteiger partial charge < -0.3 is 9.80 Å². The van der Waals surface area contributed by atoms with Crippen LogP contribution < -0.4 is 9.80 Å². The summed E-state index contributed by atoms with van der Waals surface area (Å²) < 4.78 is 0. The summed E-state index contributed by atoms with van der Waals surface area (Å²) in [5, 5.41) is 0.613. The number of nitrogens with zero attached hydrogens (tertiary/aromatic N) is 5. The number of halogens is 1. The fraction of sp³-hybridized carbons (Fsp3) is 0.357. The molecule has 2 aromatic heterocycles. The molecule has 1 saturated heterocycles. The second-order valence-corrected chi connectivity index (χ2v) is 5.16. The van der Waals surface area contributed by atoms with E-state index < -0.39 is 0 Å². The van der Waals surface area contributed by atoms with Gasteiger partial charge in [0.2, 0.25) is 0 Å². The highest BCUT2D eigenvalue weighted by Crippen LogP contribution is 2.24. The van der Waals surface area contributed by atoms with Crippen molar-refractivity contribution in [3.8, 4) is 0 Å². The normalized spacial score (nSPS) is 15.5. The number of aromatic nitrogens is 3. The molecular weight excluding hydrogens is 274 g/mol. The Labute approximate surface area is 123 Å². The van der Waals surface area contributed by atoms with Gasteiger partial charge >= 0.3 is 0 Å². The first-order valence-electron chi connectivity index (χ1n) is 6.64. The van der Waals surface area contributed by atoms with Crippen LogP contribution in [0.1, 0.15) is 5.82 Å². The summed E-state index contributed by atoms with van der Waals surface area (Å²) in [6.45, 7) is 5.47. The highest BCUT2D eigenvalue weighted by molar-refractivity contribution is 6.32. The van der Waals surface area contributed by atoms with Crippen molar-refractivity contribution in [2.75, 3.05) is 36.0 Å². The molecule has 0 bridgehead atoms. The first kappa shape index (κ1) is 13.1. The molecule has 6 heteroatoms. The molecular formula is C14H16ClN5. The summed E-state index contributed by atoms with van der Waals surface area (Å²) in [5.41, 5.74) is 0. The molecule has 20 heavy (non-hydrogen) atoms. The van der Waals surface area contributed by atoms with E-state index in [0.717, 1.165) is 43.6 Å². The van der Waals surface area contributed by atoms with Gasteiger partial charge in [0.05, 0.1) is 6.20 Å². The van der Waals surface area contributed by atoms with E-state index in [1.165, 1.54) is 0 Å². The molecule has 2 aromatic rings. The van der Waals surface area contributed by atoms with Crippen LogP contribution in [0.3, 0.4) is 0 Å². The Hall–Kier alpha value is -1.88. The SMILES string of the molecule is Cc1ncc(Cl)c(N2CCN(c3ccccn3)CC2)n1. The fourth-order valence-electron chi connectivity index (χ4n) is 2.35. The second-order valence-electron chi connectivity index (χ2n) is 4.75. The summed E-state index contributed by atoms with van der Waals surface area (Å²) in [7, 11) is 0. The number of rotatable bonds is 2. The maximum atomic E-state index is 6.19. The van der Waals surface area contributed by atoms with Crippen molar-refractivity contribution in [2.24, 2.45) is 0 Å². The van der Waals surface area contributed by atoms with E-state index in [1.807, 2.05) is 31.3 Å². The van der Waals surface area contributed by atoms with Gasteiger partial charge in [0, 0.05) is 32.4 Å². The van der Waals surface area contributed by atoms with E-state index in [9.17, 15) is 0 Å². The third kappa shape index (κ3) is 2.67. The van der Waals surface area contributed by atoms with Gasteiger partial charge in [0.15, 0.2) is 5.82 Å². The van der Waals surface area contributed by atoms with Crippen LogP contribution in [0.25, 0.3) is 0 Å². The van der Waals surface area contributed by atoms with Crippen molar-refractivity contribution in [3.63, 3.8) is 0 Å². The van der Waals surface area contributed by atoms with Gasteiger partial charge in [-0.25, -0.2) is 15.0 Å². The van der Waals surface area contributed by atoms with Crippen molar-refractivity contribution in [1.82, 2.24) is 15.0 Å². The zero-order chi connectivity index (χ0) is 13.9. The summed E-state index contributed by atoms with van der Waals surface area (Å²) >= 11 is 6.19. The Morgan fingerprint density at radius 3 is 2.50 bits per heavy atom. The molecule has 1 aliphatic rings. The van der Waals surface area contributed by atoms with Crippen LogP contribution in [0.2, 0.25) is 5.02 Å². The smallest absolute Gasteiger partial charge is 0.151 e. The standard InChI is InChI=1S/C14H16ClN5/c1-11-17-10-12(15)14(18-11)20-8-6-19(7-9-20)13-4-2-3-5-16-13/h2-5,10H,6-9H2,1H3. The van der Waals surface area contributed by atoms with Crippen LogP contribution in [0.4, 0.5) is 11.6 Å². The van der Waals surface area contributed by atoms with Gasteiger partial charge in [-0.1, -0.05) is 17.7 Å². The van der Waals surface area contributed by atoms with Crippen LogP contribution >= 0.6 is 11.6 Å². The number of anilines is 2. The van der Waals surface area contributed by atoms with E-state index in [2.05, 4.69) is 24.8 Å². The van der Waals surface area contributed by atoms with Crippen molar-refractivity contribution in [1.29, 1.82) is 0 Å². The fourth-order valence-corrected chi connectivity index (χ4v) is 2.56. The number of piperazine rings is 1. The first-order chi connectivity index (χ1) is 9.74. The molecule has 0 atom stereocenters. The predicted molar refractivity (Wildman–Crippen MR) is 80.4 cm³/mol. The zero-order valence-electron chi connectivity index (χ0n) is 11.3. The Morgan fingerprint density at radius 2 is 1.80 bits per heavy atom. The van der Waals surface area contributed by atoms with Crippen molar-refractivity contribution >= 4 is 23.2 Å². The lowest BCUT2D eigenvalue weighted by molar-refractivity contribution is 0.640. The lowest BCUT2D eigenvalue weighted by Gasteiger charge is -2.36. The van der Waals surface area contributed by atoms with E-state index in [4.69, 9.17) is 11.6 Å². The molecule has 3 rings (SSSR count). The van der Waals surface area contributed by atoms with Crippen LogP contribution in [0.15, 0.2) is 30.6 Å². The number of aryl methyl sites for hydroxylation is 1. The summed E-state index contributed by atoms with van der Waals surface area (Å²) in [5.74, 6) is 2.61. The summed E-state index contributed by atoms with van der Waals surface area (Å²) in [4.78, 5) is 17.4. The third-order valence-electron chi connectivity index (χ3n) is 3.40. The van der Waals surface area contributed by atoms with Crippen LogP contribution in [0.5, 0.6) is 0 Å². The van der Waals surface area contributed by atoms with Crippen LogP contribution in [-0.4, -0.2) is 41.1 Å². The largest absolute Gasteiger partial charge is 0.353 e. The number of hydrogen-bond donors (Lipinski definition) is 0. The van der Waals surface area contributed by atoms with E-state index in [1.54, 1.807) is 6.20 Å². The number of pyridine rings is 1. The highest BCUT2D eigenvalue weighted by Gasteiger charge is 2.20. The molecule has 1 aliphatic heterocycles. The quantitative estimate of drug-likeness (QED) is 0.848. The molecule has 0 spiro atoms. The van der Waals surface area contributed by atoms with Gasteiger partial charge in [0.25, 0.3) is 0 Å². The van der Waals surface area contributed by atoms with Crippen molar-refractivity contribution < 1.29 is 0 Å². The van der Waals surface area contributed by atoms with Crippen molar-refractivity contribution in [2.45, 2.75) is 6.92 Å². The van der Waals surface area contributed by atoms with E-state index in [0.29, 0.717) is 5.02 Å². The maximum absolute atomic E-state index is 6.19. The topological polar surface area (TPSA) is 45.2 Å². The molecule has 0 aromatic carbocycles. The molecule has 0 unspecified atom stereocenters. The summed E-state index contributed by atoms with van der Waals surface area (Å²) in [6.07, 6.45) is 3.50. The Kier molecular flexibility index (Phi) is 3.69. The molecule has 0 aliphatic carbocycles. The van der Waals surface area contributed by atoms with Gasteiger partial charge in [-0.15, -0.1) is 0 Å².